The number of carbonyl (C=O) groups is 1. The van der Waals surface area contributed by atoms with Crippen molar-refractivity contribution in [3.63, 3.8) is 0 Å². The maximum Gasteiger partial charge on any atom is 0.248 e. The second-order valence-corrected chi connectivity index (χ2v) is 3.42. The van der Waals surface area contributed by atoms with Crippen LogP contribution in [0.4, 0.5) is 0 Å². The third kappa shape index (κ3) is 3.74. The van der Waals surface area contributed by atoms with Crippen LogP contribution in [0.3, 0.4) is 0 Å². The highest BCUT2D eigenvalue weighted by Crippen LogP contribution is 2.07. The molecule has 1 fully saturated rings. The Balaban J connectivity index is 2.29. The van der Waals surface area contributed by atoms with Crippen LogP contribution in [-0.2, 0) is 9.53 Å². The zero-order valence-electron chi connectivity index (χ0n) is 7.95. The van der Waals surface area contributed by atoms with Crippen LogP contribution < -0.4 is 5.32 Å². The lowest BCUT2D eigenvalue weighted by atomic mass is 10.1. The molecule has 13 heavy (non-hydrogen) atoms. The molecule has 1 rings (SSSR count). The predicted molar refractivity (Wildman–Crippen MR) is 48.3 cm³/mol. The van der Waals surface area contributed by atoms with Gasteiger partial charge >= 0.3 is 0 Å². The first-order valence-corrected chi connectivity index (χ1v) is 4.76. The lowest BCUT2D eigenvalue weighted by Crippen LogP contribution is -2.40. The minimum Gasteiger partial charge on any atom is -0.384 e. The Morgan fingerprint density at radius 1 is 1.54 bits per heavy atom. The molecule has 0 bridgehead atoms. The Hall–Kier alpha value is -0.610. The van der Waals surface area contributed by atoms with Gasteiger partial charge in [-0.2, -0.15) is 0 Å². The molecule has 0 aromatic carbocycles. The molecule has 1 aliphatic heterocycles. The number of rotatable bonds is 2. The molecule has 0 saturated carbocycles. The first kappa shape index (κ1) is 10.5. The third-order valence-electron chi connectivity index (χ3n) is 2.18. The second-order valence-electron chi connectivity index (χ2n) is 3.42. The van der Waals surface area contributed by atoms with E-state index in [0.29, 0.717) is 6.61 Å². The Kier molecular flexibility index (Phi) is 4.18. The lowest BCUT2D eigenvalue weighted by molar-refractivity contribution is -0.129. The SMILES string of the molecule is C[C@@H](O)C(=O)NC1CCCOCC1. The number of aliphatic hydroxyl groups is 1. The van der Waals surface area contributed by atoms with Crippen molar-refractivity contribution in [3.05, 3.63) is 0 Å². The average Bonchev–Trinajstić information content (AvgIpc) is 2.32. The molecule has 0 aromatic rings. The van der Waals surface area contributed by atoms with E-state index < -0.39 is 6.10 Å². The second kappa shape index (κ2) is 5.19. The van der Waals surface area contributed by atoms with Crippen LogP contribution in [0.25, 0.3) is 0 Å². The maximum absolute atomic E-state index is 11.1. The van der Waals surface area contributed by atoms with E-state index in [1.807, 2.05) is 0 Å². The molecule has 1 unspecified atom stereocenters. The largest absolute Gasteiger partial charge is 0.384 e. The van der Waals surface area contributed by atoms with Gasteiger partial charge < -0.3 is 15.2 Å². The average molecular weight is 187 g/mol. The summed E-state index contributed by atoms with van der Waals surface area (Å²) >= 11 is 0. The van der Waals surface area contributed by atoms with Crippen molar-refractivity contribution in [2.45, 2.75) is 38.3 Å². The van der Waals surface area contributed by atoms with Gasteiger partial charge in [0, 0.05) is 19.3 Å². The molecule has 1 amide bonds. The Morgan fingerprint density at radius 3 is 3.00 bits per heavy atom. The van der Waals surface area contributed by atoms with Crippen molar-refractivity contribution in [2.24, 2.45) is 0 Å². The zero-order valence-corrected chi connectivity index (χ0v) is 7.95. The number of nitrogens with one attached hydrogen (secondary N) is 1. The minimum absolute atomic E-state index is 0.171. The molecule has 4 heteroatoms. The van der Waals surface area contributed by atoms with Gasteiger partial charge in [0.05, 0.1) is 0 Å². The number of ether oxygens (including phenoxy) is 1. The van der Waals surface area contributed by atoms with Gasteiger partial charge in [-0.15, -0.1) is 0 Å². The van der Waals surface area contributed by atoms with E-state index in [2.05, 4.69) is 5.32 Å². The smallest absolute Gasteiger partial charge is 0.248 e. The lowest BCUT2D eigenvalue weighted by Gasteiger charge is -2.16. The summed E-state index contributed by atoms with van der Waals surface area (Å²) in [4.78, 5) is 11.1. The van der Waals surface area contributed by atoms with Crippen LogP contribution in [0.2, 0.25) is 0 Å². The molecule has 1 saturated heterocycles. The summed E-state index contributed by atoms with van der Waals surface area (Å²) in [6.07, 6.45) is 1.85. The monoisotopic (exact) mass is 187 g/mol. The highest BCUT2D eigenvalue weighted by atomic mass is 16.5. The highest BCUT2D eigenvalue weighted by molar-refractivity contribution is 5.80. The molecule has 4 nitrogen and oxygen atoms in total. The summed E-state index contributed by atoms with van der Waals surface area (Å²) in [5, 5.41) is 11.8. The molecule has 1 heterocycles. The van der Waals surface area contributed by atoms with Crippen LogP contribution in [0.1, 0.15) is 26.2 Å². The number of hydrogen-bond donors (Lipinski definition) is 2. The number of aliphatic hydroxyl groups excluding tert-OH is 1. The molecule has 2 N–H and O–H groups in total. The van der Waals surface area contributed by atoms with Crippen LogP contribution in [0, 0.1) is 0 Å². The Morgan fingerprint density at radius 2 is 2.31 bits per heavy atom. The van der Waals surface area contributed by atoms with E-state index in [1.54, 1.807) is 0 Å². The van der Waals surface area contributed by atoms with E-state index in [1.165, 1.54) is 6.92 Å². The van der Waals surface area contributed by atoms with Crippen LogP contribution in [0.15, 0.2) is 0 Å². The quantitative estimate of drug-likeness (QED) is 0.642. The molecular weight excluding hydrogens is 170 g/mol. The van der Waals surface area contributed by atoms with Crippen molar-refractivity contribution in [1.29, 1.82) is 0 Å². The van der Waals surface area contributed by atoms with Crippen LogP contribution >= 0.6 is 0 Å². The molecule has 0 aromatic heterocycles. The molecule has 0 aliphatic carbocycles. The summed E-state index contributed by atoms with van der Waals surface area (Å²) < 4.78 is 5.25. The molecule has 76 valence electrons. The molecule has 0 spiro atoms. The normalized spacial score (nSPS) is 26.2. The fourth-order valence-electron chi connectivity index (χ4n) is 1.37. The van der Waals surface area contributed by atoms with Crippen molar-refractivity contribution in [3.8, 4) is 0 Å². The number of carbonyl (C=O) groups excluding carboxylic acids is 1. The summed E-state index contributed by atoms with van der Waals surface area (Å²) in [6, 6.07) is 0.171. The first-order chi connectivity index (χ1) is 6.20. The standard InChI is InChI=1S/C9H17NO3/c1-7(11)9(12)10-8-3-2-5-13-6-4-8/h7-8,11H,2-6H2,1H3,(H,10,12)/t7-,8?/m1/s1. The van der Waals surface area contributed by atoms with Gasteiger partial charge in [-0.25, -0.2) is 0 Å². The van der Waals surface area contributed by atoms with Crippen LogP contribution in [-0.4, -0.2) is 36.4 Å². The van der Waals surface area contributed by atoms with E-state index in [9.17, 15) is 4.79 Å². The van der Waals surface area contributed by atoms with E-state index >= 15 is 0 Å². The van der Waals surface area contributed by atoms with Crippen molar-refractivity contribution in [1.82, 2.24) is 5.32 Å². The highest BCUT2D eigenvalue weighted by Gasteiger charge is 2.16. The van der Waals surface area contributed by atoms with Crippen LogP contribution in [0.5, 0.6) is 0 Å². The van der Waals surface area contributed by atoms with Gasteiger partial charge in [0.15, 0.2) is 0 Å². The third-order valence-corrected chi connectivity index (χ3v) is 2.18. The van der Waals surface area contributed by atoms with Crippen molar-refractivity contribution >= 4 is 5.91 Å². The topological polar surface area (TPSA) is 58.6 Å². The maximum atomic E-state index is 11.1. The summed E-state index contributed by atoms with van der Waals surface area (Å²) in [6.45, 7) is 2.95. The number of amides is 1. The summed E-state index contributed by atoms with van der Waals surface area (Å²) in [5.41, 5.74) is 0. The Labute approximate surface area is 78.3 Å². The predicted octanol–water partition coefficient (Wildman–Crippen LogP) is 0.0525. The number of hydrogen-bond acceptors (Lipinski definition) is 3. The zero-order chi connectivity index (χ0) is 9.68. The fraction of sp³-hybridized carbons (Fsp3) is 0.889. The van der Waals surface area contributed by atoms with Gasteiger partial charge in [0.2, 0.25) is 5.91 Å². The fourth-order valence-corrected chi connectivity index (χ4v) is 1.37. The van der Waals surface area contributed by atoms with Crippen molar-refractivity contribution in [2.75, 3.05) is 13.2 Å². The molecular formula is C9H17NO3. The minimum atomic E-state index is -0.913. The van der Waals surface area contributed by atoms with E-state index in [-0.39, 0.29) is 11.9 Å². The Bertz CT molecular complexity index is 162. The van der Waals surface area contributed by atoms with Gasteiger partial charge in [-0.05, 0) is 26.2 Å². The molecule has 0 radical (unpaired) electrons. The van der Waals surface area contributed by atoms with Gasteiger partial charge in [0.1, 0.15) is 6.10 Å². The van der Waals surface area contributed by atoms with Gasteiger partial charge in [0.25, 0.3) is 0 Å². The first-order valence-electron chi connectivity index (χ1n) is 4.76. The van der Waals surface area contributed by atoms with Gasteiger partial charge in [-0.3, -0.25) is 4.79 Å². The summed E-state index contributed by atoms with van der Waals surface area (Å²) in [7, 11) is 0. The summed E-state index contributed by atoms with van der Waals surface area (Å²) in [5.74, 6) is -0.285. The van der Waals surface area contributed by atoms with E-state index in [0.717, 1.165) is 25.9 Å². The van der Waals surface area contributed by atoms with Gasteiger partial charge in [-0.1, -0.05) is 0 Å². The molecule has 2 atom stereocenters. The molecule has 1 aliphatic rings. The van der Waals surface area contributed by atoms with Crippen molar-refractivity contribution < 1.29 is 14.6 Å². The van der Waals surface area contributed by atoms with E-state index in [4.69, 9.17) is 9.84 Å².